The van der Waals surface area contributed by atoms with Gasteiger partial charge >= 0.3 is 0 Å². The molecule has 7 aromatic carbocycles. The van der Waals surface area contributed by atoms with Crippen LogP contribution in [0.2, 0.25) is 0 Å². The number of rotatable bonds is 6. The molecule has 1 aliphatic carbocycles. The van der Waals surface area contributed by atoms with Crippen molar-refractivity contribution < 1.29 is 0 Å². The van der Waals surface area contributed by atoms with Crippen LogP contribution in [0.25, 0.3) is 11.1 Å². The first kappa shape index (κ1) is 39.5. The van der Waals surface area contributed by atoms with Gasteiger partial charge in [0.2, 0.25) is 0 Å². The van der Waals surface area contributed by atoms with Gasteiger partial charge in [0.05, 0.1) is 11.4 Å². The third kappa shape index (κ3) is 6.46. The molecule has 0 saturated carbocycles. The Morgan fingerprint density at radius 2 is 1.03 bits per heavy atom. The van der Waals surface area contributed by atoms with Gasteiger partial charge in [0.15, 0.2) is 0 Å². The van der Waals surface area contributed by atoms with Gasteiger partial charge in [-0.25, -0.2) is 0 Å². The molecule has 0 atom stereocenters. The zero-order valence-corrected chi connectivity index (χ0v) is 38.3. The van der Waals surface area contributed by atoms with E-state index in [0.29, 0.717) is 0 Å². The lowest BCUT2D eigenvalue weighted by Gasteiger charge is -2.46. The summed E-state index contributed by atoms with van der Waals surface area (Å²) in [6, 6.07) is 65.4. The predicted molar refractivity (Wildman–Crippen MR) is 272 cm³/mol. The van der Waals surface area contributed by atoms with Gasteiger partial charge in [-0.1, -0.05) is 158 Å². The molecule has 0 N–H and O–H groups in total. The number of para-hydroxylation sites is 3. The summed E-state index contributed by atoms with van der Waals surface area (Å²) in [4.78, 5) is 9.21. The highest BCUT2D eigenvalue weighted by Gasteiger charge is 2.51. The van der Waals surface area contributed by atoms with Crippen molar-refractivity contribution in [2.75, 3.05) is 14.7 Å². The van der Waals surface area contributed by atoms with Crippen LogP contribution < -0.4 is 30.4 Å². The molecule has 3 nitrogen and oxygen atoms in total. The Bertz CT molecular complexity index is 2940. The molecule has 63 heavy (non-hydrogen) atoms. The topological polar surface area (TPSA) is 9.72 Å². The zero-order valence-electron chi connectivity index (χ0n) is 37.5. The third-order valence-corrected chi connectivity index (χ3v) is 15.6. The number of thiophene rings is 1. The third-order valence-electron chi connectivity index (χ3n) is 14.0. The SMILES string of the molecule is CC(C)(C)c1ccc(N2c3cc(N(c4ccccc4)c4ccccc4)cc4c3B(c3ccccc3N4c3ccc(-c4ccccc4)cc3)c3sc4c(c32)C(C)(C)CCC4(C)C)cc1. The van der Waals surface area contributed by atoms with E-state index in [4.69, 9.17) is 0 Å². The zero-order chi connectivity index (χ0) is 43.3. The van der Waals surface area contributed by atoms with E-state index in [1.165, 1.54) is 72.8 Å². The molecular weight excluding hydrogens is 782 g/mol. The van der Waals surface area contributed by atoms with Crippen LogP contribution in [0.3, 0.4) is 0 Å². The lowest BCUT2D eigenvalue weighted by atomic mass is 9.36. The standard InChI is InChI=1S/C58H54BN3S/c1-56(2,3)41-29-33-45(34-30-41)62-50-38-46(60(42-21-13-9-14-22-42)43-23-15-10-16-24-43)37-49-52(50)59(55-53(62)51-54(63-55)58(6,7)36-35-57(51,4)5)47-25-17-18-26-48(47)61(49)44-31-27-40(28-32-44)39-19-11-8-12-20-39/h8-34,37-38H,35-36H2,1-7H3. The fourth-order valence-corrected chi connectivity index (χ4v) is 12.3. The molecule has 0 amide bonds. The van der Waals surface area contributed by atoms with Gasteiger partial charge in [-0.2, -0.15) is 11.3 Å². The lowest BCUT2D eigenvalue weighted by molar-refractivity contribution is 0.339. The Morgan fingerprint density at radius 1 is 0.524 bits per heavy atom. The summed E-state index contributed by atoms with van der Waals surface area (Å²) >= 11 is 2.09. The van der Waals surface area contributed by atoms with Gasteiger partial charge in [-0.15, -0.1) is 0 Å². The maximum atomic E-state index is 2.68. The maximum Gasteiger partial charge on any atom is 0.264 e. The van der Waals surface area contributed by atoms with Crippen molar-refractivity contribution in [3.8, 4) is 11.1 Å². The van der Waals surface area contributed by atoms with Gasteiger partial charge in [0.1, 0.15) is 0 Å². The summed E-state index contributed by atoms with van der Waals surface area (Å²) in [5.74, 6) is 0. The van der Waals surface area contributed by atoms with Gasteiger partial charge in [0, 0.05) is 49.5 Å². The van der Waals surface area contributed by atoms with Gasteiger partial charge < -0.3 is 14.7 Å². The maximum absolute atomic E-state index is 2.68. The van der Waals surface area contributed by atoms with Gasteiger partial charge in [0.25, 0.3) is 6.71 Å². The molecule has 8 aromatic rings. The summed E-state index contributed by atoms with van der Waals surface area (Å²) in [5, 5.41) is 0. The normalized spacial score (nSPS) is 15.6. The van der Waals surface area contributed by atoms with E-state index in [0.717, 1.165) is 29.2 Å². The van der Waals surface area contributed by atoms with Crippen LogP contribution in [-0.2, 0) is 16.2 Å². The van der Waals surface area contributed by atoms with E-state index >= 15 is 0 Å². The molecule has 0 bridgehead atoms. The molecule has 1 aromatic heterocycles. The molecule has 5 heteroatoms. The van der Waals surface area contributed by atoms with Crippen molar-refractivity contribution in [1.82, 2.24) is 0 Å². The molecular formula is C58H54BN3S. The monoisotopic (exact) mass is 835 g/mol. The number of nitrogens with zero attached hydrogens (tertiary/aromatic N) is 3. The van der Waals surface area contributed by atoms with Crippen molar-refractivity contribution in [1.29, 1.82) is 0 Å². The van der Waals surface area contributed by atoms with Gasteiger partial charge in [-0.3, -0.25) is 0 Å². The predicted octanol–water partition coefficient (Wildman–Crippen LogP) is 14.6. The van der Waals surface area contributed by atoms with Crippen LogP contribution in [0.15, 0.2) is 176 Å². The second-order valence-corrected chi connectivity index (χ2v) is 21.1. The van der Waals surface area contributed by atoms with Crippen LogP contribution in [0.4, 0.5) is 51.2 Å². The highest BCUT2D eigenvalue weighted by molar-refractivity contribution is 7.29. The summed E-state index contributed by atoms with van der Waals surface area (Å²) in [7, 11) is 0. The fourth-order valence-electron chi connectivity index (χ4n) is 10.5. The van der Waals surface area contributed by atoms with E-state index in [2.05, 4.69) is 250 Å². The van der Waals surface area contributed by atoms with E-state index in [1.54, 1.807) is 4.88 Å². The molecule has 0 radical (unpaired) electrons. The van der Waals surface area contributed by atoms with Crippen molar-refractivity contribution in [3.63, 3.8) is 0 Å². The van der Waals surface area contributed by atoms with Crippen molar-refractivity contribution in [3.05, 3.63) is 192 Å². The lowest BCUT2D eigenvalue weighted by Crippen LogP contribution is -2.60. The number of hydrogen-bond donors (Lipinski definition) is 0. The molecule has 0 unspecified atom stereocenters. The molecule has 0 spiro atoms. The smallest absolute Gasteiger partial charge is 0.264 e. The first-order valence-corrected chi connectivity index (χ1v) is 23.4. The molecule has 3 aliphatic rings. The molecule has 3 heterocycles. The van der Waals surface area contributed by atoms with Crippen LogP contribution >= 0.6 is 11.3 Å². The highest BCUT2D eigenvalue weighted by Crippen LogP contribution is 2.57. The summed E-state index contributed by atoms with van der Waals surface area (Å²) in [5.41, 5.74) is 18.9. The quantitative estimate of drug-likeness (QED) is 0.155. The summed E-state index contributed by atoms with van der Waals surface area (Å²) in [6.07, 6.45) is 2.32. The molecule has 0 fully saturated rings. The molecule has 2 aliphatic heterocycles. The van der Waals surface area contributed by atoms with Crippen LogP contribution in [0, 0.1) is 0 Å². The fraction of sp³-hybridized carbons (Fsp3) is 0.207. The number of benzene rings is 7. The van der Waals surface area contributed by atoms with E-state index < -0.39 is 0 Å². The minimum Gasteiger partial charge on any atom is -0.311 e. The van der Waals surface area contributed by atoms with E-state index in [1.807, 2.05) is 0 Å². The van der Waals surface area contributed by atoms with Crippen LogP contribution in [0.1, 0.15) is 77.3 Å². The Kier molecular flexibility index (Phi) is 9.19. The molecule has 0 saturated heterocycles. The molecule has 11 rings (SSSR count). The van der Waals surface area contributed by atoms with E-state index in [-0.39, 0.29) is 23.0 Å². The molecule has 310 valence electrons. The second kappa shape index (κ2) is 14.6. The average Bonchev–Trinajstić information content (AvgIpc) is 3.72. The average molecular weight is 836 g/mol. The Morgan fingerprint density at radius 3 is 1.65 bits per heavy atom. The minimum atomic E-state index is -0.00267. The first-order chi connectivity index (χ1) is 30.4. The number of anilines is 9. The second-order valence-electron chi connectivity index (χ2n) is 20.1. The number of fused-ring (bicyclic) bond motifs is 6. The minimum absolute atomic E-state index is 0.00267. The van der Waals surface area contributed by atoms with Gasteiger partial charge in [-0.05, 0) is 129 Å². The summed E-state index contributed by atoms with van der Waals surface area (Å²) < 4.78 is 1.46. The van der Waals surface area contributed by atoms with Crippen molar-refractivity contribution in [2.45, 2.75) is 77.6 Å². The Hall–Kier alpha value is -6.30. The van der Waals surface area contributed by atoms with E-state index in [9.17, 15) is 0 Å². The Labute approximate surface area is 378 Å². The largest absolute Gasteiger partial charge is 0.311 e. The first-order valence-electron chi connectivity index (χ1n) is 22.6. The summed E-state index contributed by atoms with van der Waals surface area (Å²) in [6.45, 7) is 16.9. The van der Waals surface area contributed by atoms with Crippen LogP contribution in [-0.4, -0.2) is 6.71 Å². The van der Waals surface area contributed by atoms with Crippen molar-refractivity contribution >= 4 is 84.9 Å². The highest BCUT2D eigenvalue weighted by atomic mass is 32.1. The Balaban J connectivity index is 1.25. The van der Waals surface area contributed by atoms with Crippen LogP contribution in [0.5, 0.6) is 0 Å². The number of hydrogen-bond acceptors (Lipinski definition) is 4. The van der Waals surface area contributed by atoms with Crippen molar-refractivity contribution in [2.24, 2.45) is 0 Å².